The Balaban J connectivity index is 2.39. The van der Waals surface area contributed by atoms with Crippen LogP contribution in [-0.2, 0) is 19.1 Å². The quantitative estimate of drug-likeness (QED) is 0.337. The lowest BCUT2D eigenvalue weighted by Crippen LogP contribution is -2.28. The number of rotatable bonds is 4. The van der Waals surface area contributed by atoms with Crippen LogP contribution < -0.4 is 0 Å². The fourth-order valence-electron chi connectivity index (χ4n) is 1.22. The van der Waals surface area contributed by atoms with Crippen molar-refractivity contribution in [2.45, 2.75) is 31.8 Å². The van der Waals surface area contributed by atoms with Gasteiger partial charge in [0, 0.05) is 23.7 Å². The lowest BCUT2D eigenvalue weighted by molar-refractivity contribution is -0.157. The van der Waals surface area contributed by atoms with Gasteiger partial charge < -0.3 is 4.74 Å². The second-order valence-electron chi connectivity index (χ2n) is 3.10. The molecule has 0 amide bonds. The van der Waals surface area contributed by atoms with Gasteiger partial charge in [0.1, 0.15) is 0 Å². The summed E-state index contributed by atoms with van der Waals surface area (Å²) < 4.78 is 5.66. The number of hydrogen-bond donors (Lipinski definition) is 0. The van der Waals surface area contributed by atoms with E-state index in [1.54, 1.807) is 0 Å². The molecule has 0 N–H and O–H groups in total. The molecule has 0 aromatic carbocycles. The Kier molecular flexibility index (Phi) is 4.50. The van der Waals surface area contributed by atoms with Gasteiger partial charge in [-0.05, 0) is 6.42 Å². The number of esters is 1. The molecule has 0 spiro atoms. The molecule has 0 aromatic heterocycles. The van der Waals surface area contributed by atoms with Crippen LogP contribution in [0.2, 0.25) is 0 Å². The van der Waals surface area contributed by atoms with Crippen LogP contribution in [0.4, 0.5) is 0 Å². The summed E-state index contributed by atoms with van der Waals surface area (Å²) in [5.74, 6) is -0.981. The molecule has 14 heavy (non-hydrogen) atoms. The number of ketones is 2. The highest BCUT2D eigenvalue weighted by atomic mass is 127. The first-order chi connectivity index (χ1) is 6.65. The van der Waals surface area contributed by atoms with Gasteiger partial charge in [-0.1, -0.05) is 22.6 Å². The second-order valence-corrected chi connectivity index (χ2v) is 4.17. The highest BCUT2D eigenvalue weighted by Crippen LogP contribution is 2.15. The van der Waals surface area contributed by atoms with Crippen LogP contribution in [0.3, 0.4) is 0 Å². The van der Waals surface area contributed by atoms with Crippen molar-refractivity contribution in [2.75, 3.05) is 4.43 Å². The van der Waals surface area contributed by atoms with Gasteiger partial charge in [0.05, 0.1) is 0 Å². The zero-order valence-corrected chi connectivity index (χ0v) is 9.78. The van der Waals surface area contributed by atoms with Crippen LogP contribution >= 0.6 is 22.6 Å². The molecule has 4 nitrogen and oxygen atoms in total. The average molecular weight is 310 g/mol. The fourth-order valence-corrected chi connectivity index (χ4v) is 1.60. The monoisotopic (exact) mass is 310 g/mol. The third-order valence-corrected chi connectivity index (χ3v) is 2.73. The SMILES string of the molecule is O=C(CCCI)OC1C(=O)CCC1=O. The molecule has 0 aliphatic heterocycles. The molecular weight excluding hydrogens is 299 g/mol. The van der Waals surface area contributed by atoms with Crippen molar-refractivity contribution in [1.29, 1.82) is 0 Å². The van der Waals surface area contributed by atoms with E-state index in [2.05, 4.69) is 22.6 Å². The largest absolute Gasteiger partial charge is 0.446 e. The van der Waals surface area contributed by atoms with Crippen molar-refractivity contribution < 1.29 is 19.1 Å². The van der Waals surface area contributed by atoms with E-state index in [0.717, 1.165) is 4.43 Å². The molecule has 78 valence electrons. The minimum Gasteiger partial charge on any atom is -0.446 e. The van der Waals surface area contributed by atoms with Crippen LogP contribution in [0.1, 0.15) is 25.7 Å². The van der Waals surface area contributed by atoms with Gasteiger partial charge in [-0.25, -0.2) is 0 Å². The van der Waals surface area contributed by atoms with Crippen LogP contribution in [-0.4, -0.2) is 28.1 Å². The van der Waals surface area contributed by atoms with E-state index in [-0.39, 0.29) is 30.8 Å². The van der Waals surface area contributed by atoms with Crippen molar-refractivity contribution in [3.8, 4) is 0 Å². The maximum atomic E-state index is 11.1. The zero-order chi connectivity index (χ0) is 10.6. The van der Waals surface area contributed by atoms with Gasteiger partial charge in [-0.3, -0.25) is 14.4 Å². The van der Waals surface area contributed by atoms with Crippen molar-refractivity contribution in [3.05, 3.63) is 0 Å². The third-order valence-electron chi connectivity index (χ3n) is 1.97. The molecule has 0 radical (unpaired) electrons. The topological polar surface area (TPSA) is 60.4 Å². The van der Waals surface area contributed by atoms with E-state index in [4.69, 9.17) is 4.74 Å². The first kappa shape index (κ1) is 11.6. The van der Waals surface area contributed by atoms with Gasteiger partial charge in [-0.2, -0.15) is 0 Å². The average Bonchev–Trinajstić information content (AvgIpc) is 2.46. The Morgan fingerprint density at radius 2 is 1.93 bits per heavy atom. The van der Waals surface area contributed by atoms with Crippen molar-refractivity contribution >= 4 is 40.1 Å². The summed E-state index contributed by atoms with van der Waals surface area (Å²) in [6.07, 6.45) is 0.317. The number of halogens is 1. The maximum absolute atomic E-state index is 11.1. The number of carbonyl (C=O) groups is 3. The van der Waals surface area contributed by atoms with E-state index >= 15 is 0 Å². The Morgan fingerprint density at radius 3 is 2.43 bits per heavy atom. The predicted molar refractivity (Wildman–Crippen MR) is 57.2 cm³/mol. The smallest absolute Gasteiger partial charge is 0.306 e. The number of ether oxygens (including phenoxy) is 1. The van der Waals surface area contributed by atoms with Gasteiger partial charge in [0.25, 0.3) is 0 Å². The molecule has 1 aliphatic rings. The number of hydrogen-bond acceptors (Lipinski definition) is 4. The highest BCUT2D eigenvalue weighted by molar-refractivity contribution is 14.1. The minimum absolute atomic E-state index is 0.211. The molecule has 0 heterocycles. The third kappa shape index (κ3) is 3.04. The van der Waals surface area contributed by atoms with E-state index in [1.807, 2.05) is 0 Å². The first-order valence-corrected chi connectivity index (χ1v) is 5.98. The minimum atomic E-state index is -1.10. The number of carbonyl (C=O) groups excluding carboxylic acids is 3. The molecule has 1 aliphatic carbocycles. The van der Waals surface area contributed by atoms with Crippen LogP contribution in [0.5, 0.6) is 0 Å². The molecule has 0 aromatic rings. The van der Waals surface area contributed by atoms with E-state index < -0.39 is 12.1 Å². The Labute approximate surface area is 95.5 Å². The van der Waals surface area contributed by atoms with Crippen LogP contribution in [0, 0.1) is 0 Å². The standard InChI is InChI=1S/C9H11IO4/c10-5-1-2-8(13)14-9-6(11)3-4-7(9)12/h9H,1-5H2. The van der Waals surface area contributed by atoms with E-state index in [1.165, 1.54) is 0 Å². The van der Waals surface area contributed by atoms with Gasteiger partial charge >= 0.3 is 5.97 Å². The number of Topliss-reactive ketones (excluding diaryl/α,β-unsaturated/α-hetero) is 2. The summed E-state index contributed by atoms with van der Waals surface area (Å²) >= 11 is 2.15. The van der Waals surface area contributed by atoms with Crippen molar-refractivity contribution in [1.82, 2.24) is 0 Å². The van der Waals surface area contributed by atoms with Gasteiger partial charge in [-0.15, -0.1) is 0 Å². The normalized spacial score (nSPS) is 17.5. The molecule has 1 saturated carbocycles. The summed E-state index contributed by atoms with van der Waals surface area (Å²) in [5, 5.41) is 0. The summed E-state index contributed by atoms with van der Waals surface area (Å²) in [5.41, 5.74) is 0. The van der Waals surface area contributed by atoms with Crippen molar-refractivity contribution in [3.63, 3.8) is 0 Å². The Hall–Kier alpha value is -0.460. The van der Waals surface area contributed by atoms with E-state index in [9.17, 15) is 14.4 Å². The molecule has 0 unspecified atom stereocenters. The summed E-state index contributed by atoms with van der Waals surface area (Å²) in [7, 11) is 0. The van der Waals surface area contributed by atoms with E-state index in [0.29, 0.717) is 6.42 Å². The summed E-state index contributed by atoms with van der Waals surface area (Å²) in [6.45, 7) is 0. The lowest BCUT2D eigenvalue weighted by atomic mass is 10.2. The van der Waals surface area contributed by atoms with Gasteiger partial charge in [0.2, 0.25) is 6.10 Å². The van der Waals surface area contributed by atoms with Gasteiger partial charge in [0.15, 0.2) is 11.6 Å². The summed E-state index contributed by atoms with van der Waals surface area (Å²) in [4.78, 5) is 33.3. The molecule has 0 saturated heterocycles. The second kappa shape index (κ2) is 5.43. The Bertz CT molecular complexity index is 246. The molecular formula is C9H11IO4. The molecule has 0 bridgehead atoms. The zero-order valence-electron chi connectivity index (χ0n) is 7.62. The van der Waals surface area contributed by atoms with Crippen LogP contribution in [0.25, 0.3) is 0 Å². The maximum Gasteiger partial charge on any atom is 0.306 e. The summed E-state index contributed by atoms with van der Waals surface area (Å²) in [6, 6.07) is 0. The van der Waals surface area contributed by atoms with Crippen LogP contribution in [0.15, 0.2) is 0 Å². The molecule has 1 rings (SSSR count). The first-order valence-electron chi connectivity index (χ1n) is 4.46. The lowest BCUT2D eigenvalue weighted by Gasteiger charge is -2.08. The van der Waals surface area contributed by atoms with Crippen molar-refractivity contribution in [2.24, 2.45) is 0 Å². The molecule has 0 atom stereocenters. The number of alkyl halides is 1. The Morgan fingerprint density at radius 1 is 1.36 bits per heavy atom. The fraction of sp³-hybridized carbons (Fsp3) is 0.667. The molecule has 5 heteroatoms. The predicted octanol–water partition coefficient (Wildman–Crippen LogP) is 1.05. The highest BCUT2D eigenvalue weighted by Gasteiger charge is 2.35. The molecule has 1 fully saturated rings.